The number of benzene rings is 3. The molecule has 0 radical (unpaired) electrons. The number of carbonyl (C=O) groups excluding carboxylic acids is 1. The van der Waals surface area contributed by atoms with E-state index in [4.69, 9.17) is 20.9 Å². The Labute approximate surface area is 229 Å². The topological polar surface area (TPSA) is 130 Å². The monoisotopic (exact) mass is 543 g/mol. The lowest BCUT2D eigenvalue weighted by atomic mass is 10.0. The second kappa shape index (κ2) is 12.1. The molecule has 4 aromatic rings. The number of amidine groups is 1. The van der Waals surface area contributed by atoms with Crippen molar-refractivity contribution in [3.63, 3.8) is 0 Å². The Morgan fingerprint density at radius 1 is 1.07 bits per heavy atom. The van der Waals surface area contributed by atoms with Crippen LogP contribution in [0, 0.1) is 17.0 Å². The quantitative estimate of drug-likeness (QED) is 0.150. The minimum Gasteiger partial charge on any atom is -0.494 e. The number of halogens is 2. The average Bonchev–Trinajstić information content (AvgIpc) is 2.97. The maximum Gasteiger partial charge on any atom is 0.201 e. The van der Waals surface area contributed by atoms with Gasteiger partial charge in [0.1, 0.15) is 23.8 Å². The number of nitrogens with two attached hydrogens (primary N) is 1. The highest BCUT2D eigenvalue weighted by molar-refractivity contribution is 6.16. The number of likely N-dealkylation sites (N-methyl/N-ethyl adjacent to an activating group) is 1. The molecule has 204 valence electrons. The fourth-order valence-corrected chi connectivity index (χ4v) is 4.10. The van der Waals surface area contributed by atoms with E-state index >= 15 is 0 Å². The summed E-state index contributed by atoms with van der Waals surface area (Å²) in [4.78, 5) is 26.5. The predicted molar refractivity (Wildman–Crippen MR) is 152 cm³/mol. The Morgan fingerprint density at radius 3 is 2.48 bits per heavy atom. The summed E-state index contributed by atoms with van der Waals surface area (Å²) in [6, 6.07) is 18.2. The van der Waals surface area contributed by atoms with E-state index in [9.17, 15) is 13.6 Å². The number of nitrogens with one attached hydrogen (secondary N) is 2. The number of aliphatic imine (C=N–C) groups is 1. The van der Waals surface area contributed by atoms with Gasteiger partial charge in [-0.25, -0.2) is 19.4 Å². The van der Waals surface area contributed by atoms with E-state index in [1.165, 1.54) is 25.6 Å². The van der Waals surface area contributed by atoms with Crippen LogP contribution in [0.1, 0.15) is 28.4 Å². The molecule has 1 heterocycles. The number of nitrogens with zero attached hydrogens (tertiary/aromatic N) is 4. The first-order valence-corrected chi connectivity index (χ1v) is 12.2. The molecule has 0 bridgehead atoms. The Balaban J connectivity index is 1.78. The second-order valence-electron chi connectivity index (χ2n) is 8.71. The standard InChI is InChI=1S/C29H27F2N7O2/c1-17(29(38(2)19-10-5-4-6-11-19)37-21-12-8-7-9-18(21)15-39)36-28-23(27(33)34-16-35-28)26(32)20-13-14-22(40-3)25(31)24(20)30/h4-17,32H,1-3H3,(H3,33,34,35,36)/b32-26?,37-29-. The van der Waals surface area contributed by atoms with Crippen molar-refractivity contribution in [1.82, 2.24) is 9.97 Å². The van der Waals surface area contributed by atoms with Crippen LogP contribution in [-0.4, -0.2) is 48.0 Å². The maximum atomic E-state index is 14.9. The van der Waals surface area contributed by atoms with Crippen molar-refractivity contribution in [1.29, 1.82) is 5.41 Å². The van der Waals surface area contributed by atoms with Gasteiger partial charge in [0.15, 0.2) is 17.9 Å². The molecule has 1 unspecified atom stereocenters. The summed E-state index contributed by atoms with van der Waals surface area (Å²) in [5.74, 6) is -2.28. The molecule has 11 heteroatoms. The van der Waals surface area contributed by atoms with Gasteiger partial charge >= 0.3 is 0 Å². The van der Waals surface area contributed by atoms with E-state index in [0.717, 1.165) is 12.0 Å². The Morgan fingerprint density at radius 2 is 1.77 bits per heavy atom. The van der Waals surface area contributed by atoms with E-state index in [-0.39, 0.29) is 28.5 Å². The number of aromatic nitrogens is 2. The second-order valence-corrected chi connectivity index (χ2v) is 8.71. The number of carbonyl (C=O) groups is 1. The average molecular weight is 544 g/mol. The van der Waals surface area contributed by atoms with Crippen molar-refractivity contribution >= 4 is 40.8 Å². The third-order valence-corrected chi connectivity index (χ3v) is 6.19. The highest BCUT2D eigenvalue weighted by atomic mass is 19.2. The van der Waals surface area contributed by atoms with E-state index < -0.39 is 23.4 Å². The number of nitrogen functional groups attached to an aromatic ring is 1. The summed E-state index contributed by atoms with van der Waals surface area (Å²) in [6.07, 6.45) is 1.93. The molecule has 0 aliphatic rings. The van der Waals surface area contributed by atoms with Crippen LogP contribution >= 0.6 is 0 Å². The number of hydrogen-bond acceptors (Lipinski definition) is 8. The molecule has 40 heavy (non-hydrogen) atoms. The van der Waals surface area contributed by atoms with Crippen LogP contribution in [0.3, 0.4) is 0 Å². The molecule has 1 aromatic heterocycles. The summed E-state index contributed by atoms with van der Waals surface area (Å²) in [7, 11) is 3.04. The molecule has 4 rings (SSSR count). The molecule has 9 nitrogen and oxygen atoms in total. The smallest absolute Gasteiger partial charge is 0.201 e. The van der Waals surface area contributed by atoms with Crippen molar-refractivity contribution in [3.05, 3.63) is 101 Å². The molecule has 3 aromatic carbocycles. The molecule has 4 N–H and O–H groups in total. The van der Waals surface area contributed by atoms with Crippen LogP contribution in [0.2, 0.25) is 0 Å². The minimum atomic E-state index is -1.26. The van der Waals surface area contributed by atoms with Crippen molar-refractivity contribution in [2.24, 2.45) is 4.99 Å². The van der Waals surface area contributed by atoms with Crippen LogP contribution in [0.15, 0.2) is 78.0 Å². The molecule has 0 saturated heterocycles. The first kappa shape index (κ1) is 27.8. The van der Waals surface area contributed by atoms with E-state index in [1.807, 2.05) is 42.3 Å². The number of methoxy groups -OCH3 is 1. The third-order valence-electron chi connectivity index (χ3n) is 6.19. The molecule has 1 atom stereocenters. The Kier molecular flexibility index (Phi) is 8.43. The van der Waals surface area contributed by atoms with Gasteiger partial charge in [-0.3, -0.25) is 10.2 Å². The van der Waals surface area contributed by atoms with Gasteiger partial charge in [-0.15, -0.1) is 0 Å². The fourth-order valence-electron chi connectivity index (χ4n) is 4.10. The highest BCUT2D eigenvalue weighted by Gasteiger charge is 2.25. The van der Waals surface area contributed by atoms with E-state index in [2.05, 4.69) is 15.3 Å². The van der Waals surface area contributed by atoms with Gasteiger partial charge in [0, 0.05) is 23.9 Å². The Hall–Kier alpha value is -5.19. The summed E-state index contributed by atoms with van der Waals surface area (Å²) >= 11 is 0. The lowest BCUT2D eigenvalue weighted by Crippen LogP contribution is -2.40. The lowest BCUT2D eigenvalue weighted by Gasteiger charge is -2.28. The number of hydrogen-bond donors (Lipinski definition) is 3. The van der Waals surface area contributed by atoms with Crippen molar-refractivity contribution < 1.29 is 18.3 Å². The van der Waals surface area contributed by atoms with Gasteiger partial charge in [0.05, 0.1) is 30.1 Å². The molecule has 0 aliphatic heterocycles. The van der Waals surface area contributed by atoms with Gasteiger partial charge < -0.3 is 20.7 Å². The normalized spacial score (nSPS) is 12.0. The zero-order valence-corrected chi connectivity index (χ0v) is 22.0. The summed E-state index contributed by atoms with van der Waals surface area (Å²) in [5, 5.41) is 11.9. The number of rotatable bonds is 9. The first-order valence-electron chi connectivity index (χ1n) is 12.2. The molecule has 0 amide bonds. The van der Waals surface area contributed by atoms with Crippen LogP contribution in [0.5, 0.6) is 5.75 Å². The molecule has 0 spiro atoms. The molecular formula is C29H27F2N7O2. The van der Waals surface area contributed by atoms with Crippen LogP contribution in [0.25, 0.3) is 0 Å². The summed E-state index contributed by atoms with van der Waals surface area (Å²) in [6.45, 7) is 1.81. The maximum absolute atomic E-state index is 14.9. The van der Waals surface area contributed by atoms with E-state index in [0.29, 0.717) is 17.1 Å². The van der Waals surface area contributed by atoms with Gasteiger partial charge in [-0.05, 0) is 43.3 Å². The first-order chi connectivity index (χ1) is 19.3. The fraction of sp³-hybridized carbons (Fsp3) is 0.138. The van der Waals surface area contributed by atoms with E-state index in [1.54, 1.807) is 31.2 Å². The van der Waals surface area contributed by atoms with Gasteiger partial charge in [-0.2, -0.15) is 4.39 Å². The molecule has 0 fully saturated rings. The zero-order valence-electron chi connectivity index (χ0n) is 22.0. The molecular weight excluding hydrogens is 516 g/mol. The van der Waals surface area contributed by atoms with Gasteiger partial charge in [0.2, 0.25) is 5.82 Å². The van der Waals surface area contributed by atoms with Crippen molar-refractivity contribution in [2.75, 3.05) is 30.1 Å². The molecule has 0 saturated carbocycles. The third kappa shape index (κ3) is 5.63. The minimum absolute atomic E-state index is 0.0205. The summed E-state index contributed by atoms with van der Waals surface area (Å²) < 4.78 is 34.2. The van der Waals surface area contributed by atoms with Crippen LogP contribution in [-0.2, 0) is 0 Å². The predicted octanol–water partition coefficient (Wildman–Crippen LogP) is 5.24. The summed E-state index contributed by atoms with van der Waals surface area (Å²) in [5.41, 5.74) is 7.01. The Bertz CT molecular complexity index is 1580. The van der Waals surface area contributed by atoms with Gasteiger partial charge in [0.25, 0.3) is 0 Å². The zero-order chi connectivity index (χ0) is 28.8. The van der Waals surface area contributed by atoms with Crippen molar-refractivity contribution in [2.45, 2.75) is 13.0 Å². The largest absolute Gasteiger partial charge is 0.494 e. The number of para-hydroxylation sites is 2. The van der Waals surface area contributed by atoms with Gasteiger partial charge in [-0.1, -0.05) is 30.3 Å². The molecule has 0 aliphatic carbocycles. The number of aldehydes is 1. The van der Waals surface area contributed by atoms with Crippen LogP contribution < -0.4 is 20.7 Å². The lowest BCUT2D eigenvalue weighted by molar-refractivity contribution is 0.112. The highest BCUT2D eigenvalue weighted by Crippen LogP contribution is 2.29. The number of ether oxygens (including phenoxy) is 1. The van der Waals surface area contributed by atoms with Crippen molar-refractivity contribution in [3.8, 4) is 5.75 Å². The SMILES string of the molecule is COc1ccc(C(=N)c2c(N)ncnc2NC(C)/C(=N/c2ccccc2C=O)N(C)c2ccccc2)c(F)c1F. The van der Waals surface area contributed by atoms with Crippen LogP contribution in [0.4, 0.5) is 31.8 Å². The number of anilines is 3.